The third kappa shape index (κ3) is 4.20. The van der Waals surface area contributed by atoms with Gasteiger partial charge in [0.1, 0.15) is 17.2 Å². The molecule has 0 bridgehead atoms. The zero-order chi connectivity index (χ0) is 23.6. The molecule has 0 atom stereocenters. The van der Waals surface area contributed by atoms with E-state index in [4.69, 9.17) is 9.47 Å². The zero-order valence-electron chi connectivity index (χ0n) is 18.9. The minimum absolute atomic E-state index is 0.167. The Bertz CT molecular complexity index is 1240. The summed E-state index contributed by atoms with van der Waals surface area (Å²) in [6.45, 7) is 3.72. The molecule has 6 nitrogen and oxygen atoms in total. The fourth-order valence-corrected chi connectivity index (χ4v) is 6.08. The number of carbonyl (C=O) groups is 1. The number of methoxy groups -OCH3 is 1. The average molecular weight is 466 g/mol. The largest absolute Gasteiger partial charge is 0.495 e. The van der Waals surface area contributed by atoms with E-state index in [9.17, 15) is 13.2 Å². The van der Waals surface area contributed by atoms with E-state index in [0.29, 0.717) is 35.8 Å². The van der Waals surface area contributed by atoms with Crippen molar-refractivity contribution in [3.8, 4) is 17.2 Å². The van der Waals surface area contributed by atoms with Crippen molar-refractivity contribution in [1.29, 1.82) is 0 Å². The molecule has 0 aliphatic carbocycles. The first-order valence-corrected chi connectivity index (χ1v) is 12.5. The summed E-state index contributed by atoms with van der Waals surface area (Å²) in [5.41, 5.74) is 1.80. The number of ether oxygens (including phenoxy) is 2. The van der Waals surface area contributed by atoms with Crippen LogP contribution < -0.4 is 14.8 Å². The molecule has 7 heteroatoms. The van der Waals surface area contributed by atoms with Gasteiger partial charge in [0, 0.05) is 11.1 Å². The van der Waals surface area contributed by atoms with Crippen LogP contribution in [-0.2, 0) is 14.6 Å². The van der Waals surface area contributed by atoms with Crippen molar-refractivity contribution in [2.75, 3.05) is 12.4 Å². The Morgan fingerprint density at radius 2 is 1.55 bits per heavy atom. The van der Waals surface area contributed by atoms with Crippen LogP contribution in [0.2, 0.25) is 0 Å². The predicted molar refractivity (Wildman–Crippen MR) is 128 cm³/mol. The Labute approximate surface area is 194 Å². The number of amides is 1. The third-order valence-electron chi connectivity index (χ3n) is 6.05. The van der Waals surface area contributed by atoms with Gasteiger partial charge >= 0.3 is 0 Å². The molecule has 3 aromatic rings. The van der Waals surface area contributed by atoms with Crippen LogP contribution >= 0.6 is 0 Å². The van der Waals surface area contributed by atoms with Gasteiger partial charge in [-0.05, 0) is 43.2 Å². The number of carbonyl (C=O) groups excluding carboxylic acids is 1. The highest BCUT2D eigenvalue weighted by Gasteiger charge is 2.33. The molecule has 3 aromatic carbocycles. The van der Waals surface area contributed by atoms with Crippen molar-refractivity contribution < 1.29 is 22.7 Å². The Balaban J connectivity index is 1.74. The quantitative estimate of drug-likeness (QED) is 0.496. The molecule has 0 radical (unpaired) electrons. The summed E-state index contributed by atoms with van der Waals surface area (Å²) in [6, 6.07) is 19.4. The second-order valence-corrected chi connectivity index (χ2v) is 10.2. The van der Waals surface area contributed by atoms with Gasteiger partial charge in [0.2, 0.25) is 5.91 Å². The lowest BCUT2D eigenvalue weighted by atomic mass is 9.87. The molecule has 0 saturated heterocycles. The second kappa shape index (κ2) is 9.27. The van der Waals surface area contributed by atoms with Crippen molar-refractivity contribution >= 4 is 21.4 Å². The number of para-hydroxylation sites is 2. The lowest BCUT2D eigenvalue weighted by Crippen LogP contribution is -2.25. The number of hydrogen-bond acceptors (Lipinski definition) is 5. The van der Waals surface area contributed by atoms with E-state index in [1.165, 1.54) is 19.2 Å². The molecule has 172 valence electrons. The second-order valence-electron chi connectivity index (χ2n) is 7.95. The maximum atomic E-state index is 13.6. The van der Waals surface area contributed by atoms with Gasteiger partial charge in [-0.3, -0.25) is 4.79 Å². The highest BCUT2D eigenvalue weighted by atomic mass is 32.2. The monoisotopic (exact) mass is 465 g/mol. The molecule has 1 heterocycles. The van der Waals surface area contributed by atoms with Crippen LogP contribution in [0.4, 0.5) is 5.69 Å². The van der Waals surface area contributed by atoms with E-state index in [2.05, 4.69) is 5.32 Å². The maximum Gasteiger partial charge on any atom is 0.236 e. The number of sulfone groups is 1. The van der Waals surface area contributed by atoms with Gasteiger partial charge in [-0.2, -0.15) is 0 Å². The van der Waals surface area contributed by atoms with Crippen molar-refractivity contribution in [2.45, 2.75) is 42.8 Å². The van der Waals surface area contributed by atoms with E-state index in [1.54, 1.807) is 6.07 Å². The summed E-state index contributed by atoms with van der Waals surface area (Å²) in [4.78, 5) is 13.8. The Morgan fingerprint density at radius 3 is 2.09 bits per heavy atom. The number of fused-ring (bicyclic) bond motifs is 2. The molecule has 0 aromatic heterocycles. The average Bonchev–Trinajstić information content (AvgIpc) is 2.82. The molecule has 1 aliphatic rings. The molecule has 1 amide bonds. The molecular weight excluding hydrogens is 438 g/mol. The van der Waals surface area contributed by atoms with E-state index < -0.39 is 21.0 Å². The molecule has 1 aliphatic heterocycles. The van der Waals surface area contributed by atoms with Gasteiger partial charge < -0.3 is 14.8 Å². The Kier molecular flexibility index (Phi) is 6.42. The van der Waals surface area contributed by atoms with Crippen molar-refractivity contribution in [3.63, 3.8) is 0 Å². The van der Waals surface area contributed by atoms with E-state index in [1.807, 2.05) is 62.4 Å². The minimum Gasteiger partial charge on any atom is -0.495 e. The summed E-state index contributed by atoms with van der Waals surface area (Å²) >= 11 is 0. The SMILES string of the molecule is CCC(CC)S(=O)(=O)c1ccc(OC)c(NC(=O)C2c3ccccc3Oc3ccccc32)c1. The maximum absolute atomic E-state index is 13.6. The van der Waals surface area contributed by atoms with Crippen LogP contribution in [0, 0.1) is 0 Å². The molecule has 0 saturated carbocycles. The molecule has 33 heavy (non-hydrogen) atoms. The van der Waals surface area contributed by atoms with E-state index in [-0.39, 0.29) is 10.8 Å². The summed E-state index contributed by atoms with van der Waals surface area (Å²) in [6.07, 6.45) is 1.03. The van der Waals surface area contributed by atoms with Crippen LogP contribution in [0.3, 0.4) is 0 Å². The first-order valence-electron chi connectivity index (χ1n) is 11.0. The number of nitrogens with one attached hydrogen (secondary N) is 1. The van der Waals surface area contributed by atoms with E-state index >= 15 is 0 Å². The fourth-order valence-electron chi connectivity index (χ4n) is 4.28. The number of benzene rings is 3. The van der Waals surface area contributed by atoms with Gasteiger partial charge in [-0.15, -0.1) is 0 Å². The lowest BCUT2D eigenvalue weighted by molar-refractivity contribution is -0.116. The summed E-state index contributed by atoms with van der Waals surface area (Å²) in [5.74, 6) is 0.714. The van der Waals surface area contributed by atoms with Crippen molar-refractivity contribution in [1.82, 2.24) is 0 Å². The van der Waals surface area contributed by atoms with Gasteiger partial charge in [0.25, 0.3) is 0 Å². The predicted octanol–water partition coefficient (Wildman–Crippen LogP) is 5.53. The number of hydrogen-bond donors (Lipinski definition) is 1. The van der Waals surface area contributed by atoms with E-state index in [0.717, 1.165) is 11.1 Å². The fraction of sp³-hybridized carbons (Fsp3) is 0.269. The van der Waals surface area contributed by atoms with Crippen molar-refractivity contribution in [2.24, 2.45) is 0 Å². The molecule has 0 fully saturated rings. The third-order valence-corrected chi connectivity index (χ3v) is 8.50. The highest BCUT2D eigenvalue weighted by molar-refractivity contribution is 7.92. The normalized spacial score (nSPS) is 13.1. The number of anilines is 1. The van der Waals surface area contributed by atoms with Crippen LogP contribution in [0.1, 0.15) is 43.7 Å². The van der Waals surface area contributed by atoms with Gasteiger partial charge in [-0.1, -0.05) is 50.2 Å². The first-order chi connectivity index (χ1) is 15.9. The van der Waals surface area contributed by atoms with Gasteiger partial charge in [0.05, 0.1) is 28.9 Å². The molecule has 0 unspecified atom stereocenters. The topological polar surface area (TPSA) is 81.7 Å². The summed E-state index contributed by atoms with van der Waals surface area (Å²) in [5, 5.41) is 2.43. The summed E-state index contributed by atoms with van der Waals surface area (Å²) < 4.78 is 37.6. The van der Waals surface area contributed by atoms with Crippen LogP contribution in [0.5, 0.6) is 17.2 Å². The molecule has 1 N–H and O–H groups in total. The molecule has 4 rings (SSSR count). The van der Waals surface area contributed by atoms with Gasteiger partial charge in [0.15, 0.2) is 9.84 Å². The zero-order valence-corrected chi connectivity index (χ0v) is 19.7. The smallest absolute Gasteiger partial charge is 0.236 e. The highest BCUT2D eigenvalue weighted by Crippen LogP contribution is 2.44. The first kappa shape index (κ1) is 22.9. The molecule has 0 spiro atoms. The van der Waals surface area contributed by atoms with Crippen LogP contribution in [-0.4, -0.2) is 26.7 Å². The Morgan fingerprint density at radius 1 is 0.970 bits per heavy atom. The van der Waals surface area contributed by atoms with Gasteiger partial charge in [-0.25, -0.2) is 8.42 Å². The minimum atomic E-state index is -3.53. The Hall–Kier alpha value is -3.32. The van der Waals surface area contributed by atoms with Crippen molar-refractivity contribution in [3.05, 3.63) is 77.9 Å². The molecular formula is C26H27NO5S. The lowest BCUT2D eigenvalue weighted by Gasteiger charge is -2.27. The van der Waals surface area contributed by atoms with Crippen LogP contribution in [0.25, 0.3) is 0 Å². The standard InChI is InChI=1S/C26H27NO5S/c1-4-17(5-2)33(29,30)18-14-15-24(31-3)21(16-18)27-26(28)25-19-10-6-8-12-22(19)32-23-13-9-7-11-20(23)25/h6-17,25H,4-5H2,1-3H3,(H,27,28). The van der Waals surface area contributed by atoms with Crippen LogP contribution in [0.15, 0.2) is 71.6 Å². The summed E-state index contributed by atoms with van der Waals surface area (Å²) in [7, 11) is -2.05. The number of rotatable bonds is 7.